The molecule has 1 amide bonds. The van der Waals surface area contributed by atoms with E-state index in [9.17, 15) is 4.79 Å². The number of fused-ring (bicyclic) bond motifs is 1. The second-order valence-corrected chi connectivity index (χ2v) is 9.88. The lowest BCUT2D eigenvalue weighted by atomic mass is 10.1. The van der Waals surface area contributed by atoms with Crippen molar-refractivity contribution in [3.63, 3.8) is 0 Å². The van der Waals surface area contributed by atoms with E-state index in [-0.39, 0.29) is 11.9 Å². The first-order valence-electron chi connectivity index (χ1n) is 13.7. The molecule has 7 heteroatoms. The number of benzene rings is 4. The van der Waals surface area contributed by atoms with E-state index in [2.05, 4.69) is 23.5 Å². The maximum absolute atomic E-state index is 13.0. The summed E-state index contributed by atoms with van der Waals surface area (Å²) >= 11 is 0. The van der Waals surface area contributed by atoms with Gasteiger partial charge in [0.1, 0.15) is 23.9 Å². The Kier molecular flexibility index (Phi) is 9.16. The van der Waals surface area contributed by atoms with Gasteiger partial charge in [0.15, 0.2) is 0 Å². The van der Waals surface area contributed by atoms with Crippen LogP contribution in [0, 0.1) is 6.92 Å². The lowest BCUT2D eigenvalue weighted by Crippen LogP contribution is -2.57. The van der Waals surface area contributed by atoms with Crippen LogP contribution in [-0.4, -0.2) is 52.0 Å². The van der Waals surface area contributed by atoms with Crippen LogP contribution in [0.5, 0.6) is 17.2 Å². The summed E-state index contributed by atoms with van der Waals surface area (Å²) in [6.45, 7) is 4.99. The molecular weight excluding hydrogens is 504 g/mol. The SMILES string of the molecule is COc1ccccc1COCCCOc1ccc(N2C(=O)CNC[C@@H]2COc2ccc3ccccc3c2)cc1C. The maximum Gasteiger partial charge on any atom is 0.241 e. The lowest BCUT2D eigenvalue weighted by molar-refractivity contribution is -0.119. The molecule has 5 rings (SSSR count). The van der Waals surface area contributed by atoms with E-state index < -0.39 is 0 Å². The summed E-state index contributed by atoms with van der Waals surface area (Å²) in [7, 11) is 1.67. The van der Waals surface area contributed by atoms with Crippen LogP contribution in [0.1, 0.15) is 17.5 Å². The topological polar surface area (TPSA) is 69.3 Å². The highest BCUT2D eigenvalue weighted by atomic mass is 16.5. The summed E-state index contributed by atoms with van der Waals surface area (Å²) in [6.07, 6.45) is 0.765. The number of hydrogen-bond acceptors (Lipinski definition) is 6. The summed E-state index contributed by atoms with van der Waals surface area (Å²) in [5, 5.41) is 5.52. The van der Waals surface area contributed by atoms with Gasteiger partial charge in [0.2, 0.25) is 5.91 Å². The van der Waals surface area contributed by atoms with Crippen molar-refractivity contribution >= 4 is 22.4 Å². The Morgan fingerprint density at radius 3 is 2.55 bits per heavy atom. The molecule has 0 saturated carbocycles. The molecule has 1 heterocycles. The zero-order valence-corrected chi connectivity index (χ0v) is 23.1. The standard InChI is InChI=1S/C33H36N2O5/c1-24-18-28(13-15-31(24)39-17-7-16-38-22-27-10-5-6-11-32(27)37-2)35-29(20-34-21-33(35)36)23-40-30-14-12-25-8-3-4-9-26(25)19-30/h3-6,8-15,18-19,29,34H,7,16-17,20-23H2,1-2H3/t29-/m1/s1. The third kappa shape index (κ3) is 6.73. The highest BCUT2D eigenvalue weighted by molar-refractivity contribution is 5.96. The van der Waals surface area contributed by atoms with Crippen molar-refractivity contribution in [2.45, 2.75) is 26.0 Å². The number of aryl methyl sites for hydroxylation is 1. The lowest BCUT2D eigenvalue weighted by Gasteiger charge is -2.36. The van der Waals surface area contributed by atoms with Gasteiger partial charge >= 0.3 is 0 Å². The van der Waals surface area contributed by atoms with Gasteiger partial charge in [-0.1, -0.05) is 48.5 Å². The van der Waals surface area contributed by atoms with Gasteiger partial charge in [-0.3, -0.25) is 4.79 Å². The first-order valence-corrected chi connectivity index (χ1v) is 13.7. The number of carbonyl (C=O) groups excluding carboxylic acids is 1. The number of rotatable bonds is 12. The molecule has 0 unspecified atom stereocenters. The van der Waals surface area contributed by atoms with E-state index in [1.54, 1.807) is 7.11 Å². The van der Waals surface area contributed by atoms with Crippen LogP contribution in [0.3, 0.4) is 0 Å². The fourth-order valence-corrected chi connectivity index (χ4v) is 4.96. The number of ether oxygens (including phenoxy) is 4. The molecule has 0 bridgehead atoms. The Labute approximate surface area is 235 Å². The summed E-state index contributed by atoms with van der Waals surface area (Å²) in [5.74, 6) is 2.46. The number of methoxy groups -OCH3 is 1. The zero-order valence-electron chi connectivity index (χ0n) is 23.1. The first-order chi connectivity index (χ1) is 19.6. The smallest absolute Gasteiger partial charge is 0.241 e. The molecule has 1 N–H and O–H groups in total. The average Bonchev–Trinajstić information content (AvgIpc) is 2.98. The predicted molar refractivity (Wildman–Crippen MR) is 158 cm³/mol. The van der Waals surface area contributed by atoms with Gasteiger partial charge in [-0.05, 0) is 59.7 Å². The van der Waals surface area contributed by atoms with Gasteiger partial charge in [-0.2, -0.15) is 0 Å². The molecule has 7 nitrogen and oxygen atoms in total. The molecule has 1 aliphatic heterocycles. The number of para-hydroxylation sites is 1. The number of amides is 1. The van der Waals surface area contributed by atoms with Crippen LogP contribution >= 0.6 is 0 Å². The second kappa shape index (κ2) is 13.3. The van der Waals surface area contributed by atoms with Crippen LogP contribution in [-0.2, 0) is 16.1 Å². The summed E-state index contributed by atoms with van der Waals surface area (Å²) in [4.78, 5) is 14.8. The number of hydrogen-bond donors (Lipinski definition) is 1. The van der Waals surface area contributed by atoms with Crippen molar-refractivity contribution in [2.24, 2.45) is 0 Å². The van der Waals surface area contributed by atoms with Crippen LogP contribution in [0.2, 0.25) is 0 Å². The van der Waals surface area contributed by atoms with Crippen LogP contribution < -0.4 is 24.4 Å². The summed E-state index contributed by atoms with van der Waals surface area (Å²) < 4.78 is 23.4. The van der Waals surface area contributed by atoms with E-state index in [0.717, 1.165) is 45.9 Å². The van der Waals surface area contributed by atoms with Gasteiger partial charge in [0.05, 0.1) is 39.5 Å². The number of carbonyl (C=O) groups is 1. The monoisotopic (exact) mass is 540 g/mol. The van der Waals surface area contributed by atoms with Crippen LogP contribution in [0.25, 0.3) is 10.8 Å². The van der Waals surface area contributed by atoms with Gasteiger partial charge in [0.25, 0.3) is 0 Å². The number of nitrogens with one attached hydrogen (secondary N) is 1. The normalized spacial score (nSPS) is 15.3. The van der Waals surface area contributed by atoms with Gasteiger partial charge in [-0.25, -0.2) is 0 Å². The van der Waals surface area contributed by atoms with E-state index >= 15 is 0 Å². The molecule has 0 radical (unpaired) electrons. The third-order valence-electron chi connectivity index (χ3n) is 7.03. The molecular formula is C33H36N2O5. The summed E-state index contributed by atoms with van der Waals surface area (Å²) in [5.41, 5.74) is 2.86. The van der Waals surface area contributed by atoms with Gasteiger partial charge in [0, 0.05) is 24.2 Å². The third-order valence-corrected chi connectivity index (χ3v) is 7.03. The predicted octanol–water partition coefficient (Wildman–Crippen LogP) is 5.53. The minimum absolute atomic E-state index is 0.0265. The Morgan fingerprint density at radius 1 is 0.875 bits per heavy atom. The van der Waals surface area contributed by atoms with E-state index in [4.69, 9.17) is 18.9 Å². The van der Waals surface area contributed by atoms with Crippen molar-refractivity contribution in [2.75, 3.05) is 44.9 Å². The molecule has 1 atom stereocenters. The van der Waals surface area contributed by atoms with Gasteiger partial charge < -0.3 is 29.2 Å². The van der Waals surface area contributed by atoms with Gasteiger partial charge in [-0.15, -0.1) is 0 Å². The highest BCUT2D eigenvalue weighted by Gasteiger charge is 2.30. The van der Waals surface area contributed by atoms with Crippen molar-refractivity contribution < 1.29 is 23.7 Å². The zero-order chi connectivity index (χ0) is 27.7. The molecule has 1 fully saturated rings. The largest absolute Gasteiger partial charge is 0.496 e. The molecule has 4 aromatic rings. The number of anilines is 1. The van der Waals surface area contributed by atoms with Crippen LogP contribution in [0.15, 0.2) is 84.9 Å². The second-order valence-electron chi connectivity index (χ2n) is 9.88. The van der Waals surface area contributed by atoms with Crippen molar-refractivity contribution in [3.05, 3.63) is 96.1 Å². The molecule has 0 spiro atoms. The Hall–Kier alpha value is -4.07. The van der Waals surface area contributed by atoms with E-state index in [0.29, 0.717) is 39.5 Å². The van der Waals surface area contributed by atoms with Crippen molar-refractivity contribution in [1.29, 1.82) is 0 Å². The fraction of sp³-hybridized carbons (Fsp3) is 0.303. The quantitative estimate of drug-likeness (QED) is 0.239. The van der Waals surface area contributed by atoms with E-state index in [1.807, 2.05) is 78.6 Å². The van der Waals surface area contributed by atoms with E-state index in [1.165, 1.54) is 5.39 Å². The number of piperazine rings is 1. The molecule has 1 saturated heterocycles. The van der Waals surface area contributed by atoms with Crippen molar-refractivity contribution in [1.82, 2.24) is 5.32 Å². The summed E-state index contributed by atoms with van der Waals surface area (Å²) in [6, 6.07) is 27.9. The Morgan fingerprint density at radius 2 is 1.70 bits per heavy atom. The maximum atomic E-state index is 13.0. The minimum atomic E-state index is -0.126. The molecule has 0 aliphatic carbocycles. The molecule has 0 aromatic heterocycles. The molecule has 208 valence electrons. The Bertz CT molecular complexity index is 1440. The fourth-order valence-electron chi connectivity index (χ4n) is 4.96. The highest BCUT2D eigenvalue weighted by Crippen LogP contribution is 2.28. The molecule has 40 heavy (non-hydrogen) atoms. The molecule has 4 aromatic carbocycles. The first kappa shape index (κ1) is 27.5. The number of nitrogens with zero attached hydrogens (tertiary/aromatic N) is 1. The Balaban J connectivity index is 1.14. The average molecular weight is 541 g/mol. The molecule has 1 aliphatic rings. The minimum Gasteiger partial charge on any atom is -0.496 e. The van der Waals surface area contributed by atoms with Crippen molar-refractivity contribution in [3.8, 4) is 17.2 Å². The van der Waals surface area contributed by atoms with Crippen LogP contribution in [0.4, 0.5) is 5.69 Å².